The maximum atomic E-state index is 13.0. The highest BCUT2D eigenvalue weighted by Crippen LogP contribution is 2.24. The number of aromatic nitrogens is 1. The Bertz CT molecular complexity index is 552. The topological polar surface area (TPSA) is 42.1 Å². The van der Waals surface area contributed by atoms with Crippen molar-refractivity contribution in [3.8, 4) is 0 Å². The van der Waals surface area contributed by atoms with E-state index in [1.807, 2.05) is 30.9 Å². The van der Waals surface area contributed by atoms with Gasteiger partial charge in [0.2, 0.25) is 0 Å². The molecule has 4 heteroatoms. The third-order valence-corrected chi connectivity index (χ3v) is 3.13. The van der Waals surface area contributed by atoms with Gasteiger partial charge in [-0.1, -0.05) is 6.07 Å². The second kappa shape index (κ2) is 5.80. The number of hydrogen-bond donors (Lipinski definition) is 1. The van der Waals surface area contributed by atoms with Gasteiger partial charge in [0, 0.05) is 24.5 Å². The number of hydrogen-bond acceptors (Lipinski definition) is 3. The molecule has 1 aromatic heterocycles. The number of halogens is 1. The van der Waals surface area contributed by atoms with E-state index in [9.17, 15) is 4.39 Å². The number of pyridine rings is 1. The first-order valence-corrected chi connectivity index (χ1v) is 6.35. The van der Waals surface area contributed by atoms with Crippen molar-refractivity contribution < 1.29 is 4.39 Å². The molecule has 0 amide bonds. The van der Waals surface area contributed by atoms with Crippen LogP contribution in [0.1, 0.15) is 18.2 Å². The molecule has 0 atom stereocenters. The fourth-order valence-electron chi connectivity index (χ4n) is 2.04. The van der Waals surface area contributed by atoms with Gasteiger partial charge in [-0.15, -0.1) is 0 Å². The van der Waals surface area contributed by atoms with Crippen LogP contribution in [0.4, 0.5) is 15.9 Å². The van der Waals surface area contributed by atoms with Crippen molar-refractivity contribution >= 4 is 11.5 Å². The van der Waals surface area contributed by atoms with Gasteiger partial charge in [-0.25, -0.2) is 9.37 Å². The first-order chi connectivity index (χ1) is 9.15. The van der Waals surface area contributed by atoms with Crippen molar-refractivity contribution in [1.82, 2.24) is 4.98 Å². The van der Waals surface area contributed by atoms with Crippen molar-refractivity contribution in [2.45, 2.75) is 20.4 Å². The molecule has 0 aliphatic rings. The third kappa shape index (κ3) is 2.90. The van der Waals surface area contributed by atoms with Gasteiger partial charge in [0.1, 0.15) is 11.6 Å². The van der Waals surface area contributed by atoms with Crippen molar-refractivity contribution in [2.75, 3.05) is 11.4 Å². The van der Waals surface area contributed by atoms with Crippen LogP contribution in [0.15, 0.2) is 36.4 Å². The summed E-state index contributed by atoms with van der Waals surface area (Å²) in [6.45, 7) is 5.24. The minimum Gasteiger partial charge on any atom is -0.327 e. The molecule has 2 aromatic rings. The zero-order valence-corrected chi connectivity index (χ0v) is 11.2. The number of rotatable bonds is 4. The molecule has 0 bridgehead atoms. The average molecular weight is 259 g/mol. The monoisotopic (exact) mass is 259 g/mol. The molecule has 19 heavy (non-hydrogen) atoms. The SMILES string of the molecule is CCN(c1ccc(F)cc1)c1ccc(CN)c(C)n1. The zero-order valence-electron chi connectivity index (χ0n) is 11.2. The highest BCUT2D eigenvalue weighted by atomic mass is 19.1. The van der Waals surface area contributed by atoms with Gasteiger partial charge in [0.25, 0.3) is 0 Å². The largest absolute Gasteiger partial charge is 0.327 e. The molecule has 0 unspecified atom stereocenters. The van der Waals surface area contributed by atoms with E-state index in [-0.39, 0.29) is 5.82 Å². The smallest absolute Gasteiger partial charge is 0.133 e. The Morgan fingerprint density at radius 2 is 1.84 bits per heavy atom. The van der Waals surface area contributed by atoms with E-state index in [1.54, 1.807) is 12.1 Å². The molecule has 1 aromatic carbocycles. The summed E-state index contributed by atoms with van der Waals surface area (Å²) in [5, 5.41) is 0. The predicted molar refractivity (Wildman–Crippen MR) is 75.9 cm³/mol. The van der Waals surface area contributed by atoms with Crippen LogP contribution in [0.5, 0.6) is 0 Å². The second-order valence-corrected chi connectivity index (χ2v) is 4.34. The summed E-state index contributed by atoms with van der Waals surface area (Å²) in [7, 11) is 0. The van der Waals surface area contributed by atoms with Crippen LogP contribution in [0.3, 0.4) is 0 Å². The normalized spacial score (nSPS) is 10.5. The van der Waals surface area contributed by atoms with Gasteiger partial charge in [-0.3, -0.25) is 0 Å². The Hall–Kier alpha value is -1.94. The summed E-state index contributed by atoms with van der Waals surface area (Å²) in [4.78, 5) is 6.60. The predicted octanol–water partition coefficient (Wildman–Crippen LogP) is 3.15. The minimum atomic E-state index is -0.234. The number of anilines is 2. The van der Waals surface area contributed by atoms with Gasteiger partial charge in [0.05, 0.1) is 0 Å². The highest BCUT2D eigenvalue weighted by Gasteiger charge is 2.10. The maximum Gasteiger partial charge on any atom is 0.133 e. The lowest BCUT2D eigenvalue weighted by atomic mass is 10.2. The third-order valence-electron chi connectivity index (χ3n) is 3.13. The van der Waals surface area contributed by atoms with Crippen molar-refractivity contribution in [2.24, 2.45) is 5.73 Å². The highest BCUT2D eigenvalue weighted by molar-refractivity contribution is 5.60. The molecule has 0 aliphatic heterocycles. The Morgan fingerprint density at radius 3 is 2.37 bits per heavy atom. The average Bonchev–Trinajstić information content (AvgIpc) is 2.42. The second-order valence-electron chi connectivity index (χ2n) is 4.34. The molecule has 1 heterocycles. The van der Waals surface area contributed by atoms with Crippen LogP contribution in [-0.2, 0) is 6.54 Å². The van der Waals surface area contributed by atoms with Gasteiger partial charge in [-0.2, -0.15) is 0 Å². The molecule has 2 rings (SSSR count). The molecule has 100 valence electrons. The van der Waals surface area contributed by atoms with E-state index in [2.05, 4.69) is 4.98 Å². The van der Waals surface area contributed by atoms with Crippen molar-refractivity contribution in [3.05, 3.63) is 53.5 Å². The van der Waals surface area contributed by atoms with E-state index in [0.717, 1.165) is 29.3 Å². The molecule has 0 fully saturated rings. The van der Waals surface area contributed by atoms with Gasteiger partial charge in [0.15, 0.2) is 0 Å². The van der Waals surface area contributed by atoms with E-state index >= 15 is 0 Å². The summed E-state index contributed by atoms with van der Waals surface area (Å²) >= 11 is 0. The van der Waals surface area contributed by atoms with Gasteiger partial charge in [-0.05, 0) is 49.7 Å². The van der Waals surface area contributed by atoms with Crippen LogP contribution in [0.25, 0.3) is 0 Å². The number of aryl methyl sites for hydroxylation is 1. The first-order valence-electron chi connectivity index (χ1n) is 6.35. The Balaban J connectivity index is 2.36. The molecule has 0 spiro atoms. The Labute approximate surface area is 112 Å². The molecule has 2 N–H and O–H groups in total. The Morgan fingerprint density at radius 1 is 1.16 bits per heavy atom. The van der Waals surface area contributed by atoms with Gasteiger partial charge < -0.3 is 10.6 Å². The quantitative estimate of drug-likeness (QED) is 0.917. The van der Waals surface area contributed by atoms with E-state index in [4.69, 9.17) is 5.73 Å². The van der Waals surface area contributed by atoms with Crippen LogP contribution in [0, 0.1) is 12.7 Å². The maximum absolute atomic E-state index is 13.0. The molecular formula is C15H18FN3. The fourth-order valence-corrected chi connectivity index (χ4v) is 2.04. The summed E-state index contributed by atoms with van der Waals surface area (Å²) in [6, 6.07) is 10.4. The van der Waals surface area contributed by atoms with Crippen molar-refractivity contribution in [1.29, 1.82) is 0 Å². The van der Waals surface area contributed by atoms with E-state index in [0.29, 0.717) is 6.54 Å². The molecular weight excluding hydrogens is 241 g/mol. The van der Waals surface area contributed by atoms with Crippen LogP contribution >= 0.6 is 0 Å². The zero-order chi connectivity index (χ0) is 13.8. The first kappa shape index (κ1) is 13.5. The van der Waals surface area contributed by atoms with Crippen LogP contribution < -0.4 is 10.6 Å². The lowest BCUT2D eigenvalue weighted by Crippen LogP contribution is -2.18. The Kier molecular flexibility index (Phi) is 4.12. The van der Waals surface area contributed by atoms with E-state index < -0.39 is 0 Å². The lowest BCUT2D eigenvalue weighted by molar-refractivity contribution is 0.628. The standard InChI is InChI=1S/C15H18FN3/c1-3-19(14-7-5-13(16)6-8-14)15-9-4-12(10-17)11(2)18-15/h4-9H,3,10,17H2,1-2H3. The lowest BCUT2D eigenvalue weighted by Gasteiger charge is -2.23. The van der Waals surface area contributed by atoms with Gasteiger partial charge >= 0.3 is 0 Å². The molecule has 0 radical (unpaired) electrons. The summed E-state index contributed by atoms with van der Waals surface area (Å²) in [5.74, 6) is 0.617. The number of nitrogens with zero attached hydrogens (tertiary/aromatic N) is 2. The summed E-state index contributed by atoms with van der Waals surface area (Å²) in [6.07, 6.45) is 0. The van der Waals surface area contributed by atoms with Crippen molar-refractivity contribution in [3.63, 3.8) is 0 Å². The summed E-state index contributed by atoms with van der Waals surface area (Å²) in [5.41, 5.74) is 8.54. The molecule has 0 saturated carbocycles. The molecule has 0 saturated heterocycles. The molecule has 0 aliphatic carbocycles. The minimum absolute atomic E-state index is 0.234. The summed E-state index contributed by atoms with van der Waals surface area (Å²) < 4.78 is 13.0. The number of benzene rings is 1. The van der Waals surface area contributed by atoms with E-state index in [1.165, 1.54) is 12.1 Å². The van der Waals surface area contributed by atoms with Crippen LogP contribution in [0.2, 0.25) is 0 Å². The fraction of sp³-hybridized carbons (Fsp3) is 0.267. The number of nitrogens with two attached hydrogens (primary N) is 1. The molecule has 3 nitrogen and oxygen atoms in total. The van der Waals surface area contributed by atoms with Crippen LogP contribution in [-0.4, -0.2) is 11.5 Å².